The fourth-order valence-corrected chi connectivity index (χ4v) is 1.51. The van der Waals surface area contributed by atoms with Crippen LogP contribution in [-0.4, -0.2) is 11.7 Å². The molecule has 0 aliphatic rings. The normalized spacial score (nSPS) is 11.9. The van der Waals surface area contributed by atoms with Gasteiger partial charge in [0.2, 0.25) is 0 Å². The first kappa shape index (κ1) is 12.5. The maximum absolute atomic E-state index is 13.1. The van der Waals surface area contributed by atoms with Gasteiger partial charge in [-0.15, -0.1) is 0 Å². The third-order valence-corrected chi connectivity index (χ3v) is 2.39. The number of aliphatic hydroxyl groups is 1. The van der Waals surface area contributed by atoms with Gasteiger partial charge in [0.15, 0.2) is 0 Å². The molecular weight excluding hydrogens is 209 g/mol. The minimum Gasteiger partial charge on any atom is -0.396 e. The Morgan fingerprint density at radius 1 is 1.56 bits per heavy atom. The van der Waals surface area contributed by atoms with Gasteiger partial charge in [-0.3, -0.25) is 0 Å². The summed E-state index contributed by atoms with van der Waals surface area (Å²) in [7, 11) is 0. The first-order valence-corrected chi connectivity index (χ1v) is 5.10. The van der Waals surface area contributed by atoms with Crippen LogP contribution < -0.4 is 0 Å². The molecule has 0 fully saturated rings. The SMILES string of the molecule is Cc1cc(C(CCCO)N=[N+]=[N-])ccc1F. The summed E-state index contributed by atoms with van der Waals surface area (Å²) in [5, 5.41) is 12.4. The Hall–Kier alpha value is -1.58. The molecule has 0 spiro atoms. The van der Waals surface area contributed by atoms with Crippen molar-refractivity contribution in [3.05, 3.63) is 45.6 Å². The van der Waals surface area contributed by atoms with Gasteiger partial charge in [0, 0.05) is 11.5 Å². The highest BCUT2D eigenvalue weighted by Crippen LogP contribution is 2.24. The minimum absolute atomic E-state index is 0.0532. The lowest BCUT2D eigenvalue weighted by Gasteiger charge is -2.11. The number of azide groups is 1. The summed E-state index contributed by atoms with van der Waals surface area (Å²) in [6, 6.07) is 4.31. The van der Waals surface area contributed by atoms with E-state index in [2.05, 4.69) is 10.0 Å². The van der Waals surface area contributed by atoms with E-state index in [0.29, 0.717) is 18.4 Å². The zero-order valence-electron chi connectivity index (χ0n) is 9.10. The maximum Gasteiger partial charge on any atom is 0.126 e. The molecule has 0 aliphatic heterocycles. The highest BCUT2D eigenvalue weighted by atomic mass is 19.1. The lowest BCUT2D eigenvalue weighted by Crippen LogP contribution is -1.98. The molecule has 4 nitrogen and oxygen atoms in total. The summed E-state index contributed by atoms with van der Waals surface area (Å²) in [4.78, 5) is 2.77. The standard InChI is InChI=1S/C11H14FN3O/c1-8-7-9(4-5-10(8)12)11(14-15-13)3-2-6-16/h4-5,7,11,16H,2-3,6H2,1H3. The monoisotopic (exact) mass is 223 g/mol. The topological polar surface area (TPSA) is 69.0 Å². The number of rotatable bonds is 5. The van der Waals surface area contributed by atoms with Crippen LogP contribution in [0.1, 0.15) is 30.0 Å². The van der Waals surface area contributed by atoms with Crippen molar-refractivity contribution in [1.29, 1.82) is 0 Å². The van der Waals surface area contributed by atoms with Crippen LogP contribution in [-0.2, 0) is 0 Å². The summed E-state index contributed by atoms with van der Waals surface area (Å²) < 4.78 is 13.1. The van der Waals surface area contributed by atoms with E-state index < -0.39 is 0 Å². The van der Waals surface area contributed by atoms with Crippen LogP contribution in [0.25, 0.3) is 10.4 Å². The number of hydrogen-bond acceptors (Lipinski definition) is 2. The molecule has 86 valence electrons. The molecule has 0 aliphatic carbocycles. The van der Waals surface area contributed by atoms with E-state index in [1.165, 1.54) is 6.07 Å². The van der Waals surface area contributed by atoms with Crippen molar-refractivity contribution in [2.75, 3.05) is 6.61 Å². The van der Waals surface area contributed by atoms with Crippen LogP contribution in [0, 0.1) is 12.7 Å². The maximum atomic E-state index is 13.1. The zero-order chi connectivity index (χ0) is 12.0. The number of halogens is 1. The highest BCUT2D eigenvalue weighted by molar-refractivity contribution is 5.26. The van der Waals surface area contributed by atoms with Crippen molar-refractivity contribution in [1.82, 2.24) is 0 Å². The molecule has 0 bridgehead atoms. The molecule has 0 heterocycles. The van der Waals surface area contributed by atoms with Gasteiger partial charge in [-0.25, -0.2) is 4.39 Å². The van der Waals surface area contributed by atoms with Crippen LogP contribution in [0.2, 0.25) is 0 Å². The number of benzene rings is 1. The van der Waals surface area contributed by atoms with E-state index in [1.54, 1.807) is 19.1 Å². The molecular formula is C11H14FN3O. The van der Waals surface area contributed by atoms with Crippen molar-refractivity contribution in [2.24, 2.45) is 5.11 Å². The summed E-state index contributed by atoms with van der Waals surface area (Å²) in [6.07, 6.45) is 1.12. The van der Waals surface area contributed by atoms with Crippen molar-refractivity contribution in [3.8, 4) is 0 Å². The Morgan fingerprint density at radius 3 is 2.88 bits per heavy atom. The van der Waals surface area contributed by atoms with Gasteiger partial charge in [0.1, 0.15) is 5.82 Å². The molecule has 0 saturated carbocycles. The van der Waals surface area contributed by atoms with Gasteiger partial charge in [-0.2, -0.15) is 0 Å². The first-order valence-electron chi connectivity index (χ1n) is 5.10. The van der Waals surface area contributed by atoms with Crippen molar-refractivity contribution >= 4 is 0 Å². The number of nitrogens with zero attached hydrogens (tertiary/aromatic N) is 3. The van der Waals surface area contributed by atoms with E-state index in [0.717, 1.165) is 5.56 Å². The second-order valence-corrected chi connectivity index (χ2v) is 3.60. The molecule has 1 N–H and O–H groups in total. The van der Waals surface area contributed by atoms with E-state index in [-0.39, 0.29) is 18.5 Å². The van der Waals surface area contributed by atoms with Gasteiger partial charge in [0.25, 0.3) is 0 Å². The molecule has 0 saturated heterocycles. The molecule has 1 aromatic rings. The fourth-order valence-electron chi connectivity index (χ4n) is 1.51. The molecule has 5 heteroatoms. The molecule has 1 atom stereocenters. The lowest BCUT2D eigenvalue weighted by molar-refractivity contribution is 0.280. The van der Waals surface area contributed by atoms with Gasteiger partial charge < -0.3 is 5.11 Å². The second-order valence-electron chi connectivity index (χ2n) is 3.60. The van der Waals surface area contributed by atoms with Crippen molar-refractivity contribution in [3.63, 3.8) is 0 Å². The van der Waals surface area contributed by atoms with E-state index in [1.807, 2.05) is 0 Å². The Bertz CT molecular complexity index is 402. The quantitative estimate of drug-likeness (QED) is 0.464. The average molecular weight is 223 g/mol. The molecule has 16 heavy (non-hydrogen) atoms. The molecule has 1 aromatic carbocycles. The lowest BCUT2D eigenvalue weighted by atomic mass is 10.0. The summed E-state index contributed by atoms with van der Waals surface area (Å²) in [5.41, 5.74) is 9.75. The molecule has 1 rings (SSSR count). The van der Waals surface area contributed by atoms with Crippen LogP contribution >= 0.6 is 0 Å². The Balaban J connectivity index is 2.91. The highest BCUT2D eigenvalue weighted by Gasteiger charge is 2.10. The fraction of sp³-hybridized carbons (Fsp3) is 0.455. The summed E-state index contributed by atoms with van der Waals surface area (Å²) >= 11 is 0. The number of aliphatic hydroxyl groups excluding tert-OH is 1. The van der Waals surface area contributed by atoms with Crippen molar-refractivity contribution < 1.29 is 9.50 Å². The largest absolute Gasteiger partial charge is 0.396 e. The summed E-state index contributed by atoms with van der Waals surface area (Å²) in [6.45, 7) is 1.72. The van der Waals surface area contributed by atoms with Crippen LogP contribution in [0.15, 0.2) is 23.3 Å². The second kappa shape index (κ2) is 6.10. The Morgan fingerprint density at radius 2 is 2.31 bits per heavy atom. The third kappa shape index (κ3) is 3.22. The van der Waals surface area contributed by atoms with Gasteiger partial charge in [-0.1, -0.05) is 17.2 Å². The van der Waals surface area contributed by atoms with Crippen LogP contribution in [0.5, 0.6) is 0 Å². The van der Waals surface area contributed by atoms with Crippen LogP contribution in [0.4, 0.5) is 4.39 Å². The molecule has 0 amide bonds. The average Bonchev–Trinajstić information content (AvgIpc) is 2.28. The molecule has 1 unspecified atom stereocenters. The van der Waals surface area contributed by atoms with Gasteiger partial charge >= 0.3 is 0 Å². The molecule has 0 radical (unpaired) electrons. The minimum atomic E-state index is -0.337. The van der Waals surface area contributed by atoms with E-state index in [9.17, 15) is 4.39 Å². The van der Waals surface area contributed by atoms with Gasteiger partial charge in [-0.05, 0) is 42.5 Å². The van der Waals surface area contributed by atoms with Crippen LogP contribution in [0.3, 0.4) is 0 Å². The van der Waals surface area contributed by atoms with Gasteiger partial charge in [0.05, 0.1) is 6.04 Å². The van der Waals surface area contributed by atoms with E-state index in [4.69, 9.17) is 10.6 Å². The number of hydrogen-bond donors (Lipinski definition) is 1. The predicted octanol–water partition coefficient (Wildman–Crippen LogP) is 3.26. The first-order chi connectivity index (χ1) is 7.69. The Labute approximate surface area is 93.3 Å². The Kier molecular flexibility index (Phi) is 4.76. The molecule has 0 aromatic heterocycles. The number of aryl methyl sites for hydroxylation is 1. The summed E-state index contributed by atoms with van der Waals surface area (Å²) in [5.74, 6) is -0.273. The predicted molar refractivity (Wildman–Crippen MR) is 59.3 cm³/mol. The smallest absolute Gasteiger partial charge is 0.126 e. The third-order valence-electron chi connectivity index (χ3n) is 2.39. The van der Waals surface area contributed by atoms with E-state index >= 15 is 0 Å². The zero-order valence-corrected chi connectivity index (χ0v) is 9.10. The van der Waals surface area contributed by atoms with Crippen molar-refractivity contribution in [2.45, 2.75) is 25.8 Å².